The van der Waals surface area contributed by atoms with Crippen molar-refractivity contribution in [1.29, 1.82) is 0 Å². The molecule has 1 aromatic rings. The van der Waals surface area contributed by atoms with E-state index >= 15 is 0 Å². The Kier molecular flexibility index (Phi) is 5.67. The van der Waals surface area contributed by atoms with Crippen LogP contribution in [0, 0.1) is 11.6 Å². The van der Waals surface area contributed by atoms with Crippen LogP contribution in [-0.2, 0) is 0 Å². The van der Waals surface area contributed by atoms with E-state index in [1.807, 2.05) is 0 Å². The summed E-state index contributed by atoms with van der Waals surface area (Å²) in [5.41, 5.74) is 6.58. The zero-order valence-electron chi connectivity index (χ0n) is 12.9. The molecule has 1 fully saturated rings. The Morgan fingerprint density at radius 3 is 2.48 bits per heavy atom. The molecule has 0 aromatic heterocycles. The number of halogens is 2. The Bertz CT molecular complexity index is 447. The average Bonchev–Trinajstić information content (AvgIpc) is 2.60. The molecular formula is C16H25F2N3. The van der Waals surface area contributed by atoms with Gasteiger partial charge in [0.2, 0.25) is 0 Å². The molecular weight excluding hydrogens is 272 g/mol. The Hall–Kier alpha value is -1.04. The van der Waals surface area contributed by atoms with Crippen molar-refractivity contribution in [3.63, 3.8) is 0 Å². The topological polar surface area (TPSA) is 32.5 Å². The highest BCUT2D eigenvalue weighted by molar-refractivity contribution is 5.22. The van der Waals surface area contributed by atoms with E-state index in [1.165, 1.54) is 12.1 Å². The highest BCUT2D eigenvalue weighted by Crippen LogP contribution is 2.27. The lowest BCUT2D eigenvalue weighted by atomic mass is 10.0. The number of hydrogen-bond donors (Lipinski definition) is 1. The summed E-state index contributed by atoms with van der Waals surface area (Å²) < 4.78 is 27.0. The first kappa shape index (κ1) is 16.3. The molecule has 1 aromatic carbocycles. The smallest absolute Gasteiger partial charge is 0.126 e. The van der Waals surface area contributed by atoms with Crippen LogP contribution in [0.3, 0.4) is 0 Å². The number of benzene rings is 1. The third-order valence-corrected chi connectivity index (χ3v) is 4.31. The fourth-order valence-electron chi connectivity index (χ4n) is 3.27. The maximum absolute atomic E-state index is 13.5. The molecule has 0 radical (unpaired) electrons. The first-order valence-corrected chi connectivity index (χ1v) is 7.65. The van der Waals surface area contributed by atoms with E-state index in [9.17, 15) is 8.78 Å². The van der Waals surface area contributed by atoms with Gasteiger partial charge in [-0.25, -0.2) is 8.78 Å². The standard InChI is InChI=1S/C16H25F2N3/c1-3-15-11-20(2)5-4-6-21(15)16(10-19)12-7-13(17)9-14(18)8-12/h7-9,15-16H,3-6,10-11,19H2,1-2H3. The summed E-state index contributed by atoms with van der Waals surface area (Å²) in [7, 11) is 2.12. The molecule has 0 saturated carbocycles. The minimum atomic E-state index is -0.538. The lowest BCUT2D eigenvalue weighted by Gasteiger charge is -2.36. The van der Waals surface area contributed by atoms with Crippen molar-refractivity contribution in [2.75, 3.05) is 33.2 Å². The normalized spacial score (nSPS) is 23.0. The third kappa shape index (κ3) is 3.99. The summed E-state index contributed by atoms with van der Waals surface area (Å²) in [6.45, 7) is 5.43. The van der Waals surface area contributed by atoms with Gasteiger partial charge in [-0.1, -0.05) is 6.92 Å². The minimum absolute atomic E-state index is 0.133. The van der Waals surface area contributed by atoms with Gasteiger partial charge < -0.3 is 10.6 Å². The van der Waals surface area contributed by atoms with Crippen molar-refractivity contribution < 1.29 is 8.78 Å². The minimum Gasteiger partial charge on any atom is -0.329 e. The molecule has 1 aliphatic heterocycles. The van der Waals surface area contributed by atoms with Gasteiger partial charge >= 0.3 is 0 Å². The van der Waals surface area contributed by atoms with Crippen molar-refractivity contribution in [2.24, 2.45) is 5.73 Å². The fourth-order valence-corrected chi connectivity index (χ4v) is 3.27. The highest BCUT2D eigenvalue weighted by Gasteiger charge is 2.29. The van der Waals surface area contributed by atoms with Crippen LogP contribution < -0.4 is 5.73 Å². The maximum atomic E-state index is 13.5. The maximum Gasteiger partial charge on any atom is 0.126 e. The first-order valence-electron chi connectivity index (χ1n) is 7.65. The van der Waals surface area contributed by atoms with Crippen LogP contribution in [0.5, 0.6) is 0 Å². The summed E-state index contributed by atoms with van der Waals surface area (Å²) in [6.07, 6.45) is 2.04. The SMILES string of the molecule is CCC1CN(C)CCCN1C(CN)c1cc(F)cc(F)c1. The van der Waals surface area contributed by atoms with E-state index in [-0.39, 0.29) is 6.04 Å². The van der Waals surface area contributed by atoms with Gasteiger partial charge in [0.05, 0.1) is 0 Å². The molecule has 3 nitrogen and oxygen atoms in total. The lowest BCUT2D eigenvalue weighted by Crippen LogP contribution is -2.44. The third-order valence-electron chi connectivity index (χ3n) is 4.31. The lowest BCUT2D eigenvalue weighted by molar-refractivity contribution is 0.130. The van der Waals surface area contributed by atoms with Gasteiger partial charge in [-0.3, -0.25) is 4.90 Å². The molecule has 2 rings (SSSR count). The molecule has 118 valence electrons. The van der Waals surface area contributed by atoms with Crippen LogP contribution in [0.4, 0.5) is 8.78 Å². The number of nitrogens with zero attached hydrogens (tertiary/aromatic N) is 2. The van der Waals surface area contributed by atoms with Crippen molar-refractivity contribution in [2.45, 2.75) is 31.8 Å². The molecule has 1 aliphatic rings. The predicted molar refractivity (Wildman–Crippen MR) is 81.1 cm³/mol. The summed E-state index contributed by atoms with van der Waals surface area (Å²) in [5, 5.41) is 0. The van der Waals surface area contributed by atoms with Crippen LogP contribution in [0.25, 0.3) is 0 Å². The van der Waals surface area contributed by atoms with Crippen LogP contribution in [0.15, 0.2) is 18.2 Å². The second-order valence-corrected chi connectivity index (χ2v) is 5.87. The van der Waals surface area contributed by atoms with E-state index < -0.39 is 11.6 Å². The molecule has 0 bridgehead atoms. The van der Waals surface area contributed by atoms with Crippen molar-refractivity contribution in [1.82, 2.24) is 9.80 Å². The van der Waals surface area contributed by atoms with Crippen molar-refractivity contribution >= 4 is 0 Å². The molecule has 1 saturated heterocycles. The fraction of sp³-hybridized carbons (Fsp3) is 0.625. The van der Waals surface area contributed by atoms with E-state index in [0.29, 0.717) is 18.2 Å². The van der Waals surface area contributed by atoms with Gasteiger partial charge in [0.25, 0.3) is 0 Å². The van der Waals surface area contributed by atoms with E-state index in [0.717, 1.165) is 38.5 Å². The number of likely N-dealkylation sites (N-methyl/N-ethyl adjacent to an activating group) is 1. The predicted octanol–water partition coefficient (Wildman–Crippen LogP) is 2.38. The number of hydrogen-bond acceptors (Lipinski definition) is 3. The molecule has 1 heterocycles. The van der Waals surface area contributed by atoms with Gasteiger partial charge in [-0.05, 0) is 44.1 Å². The Balaban J connectivity index is 2.29. The zero-order valence-corrected chi connectivity index (χ0v) is 12.9. The van der Waals surface area contributed by atoms with Crippen LogP contribution in [0.1, 0.15) is 31.4 Å². The second kappa shape index (κ2) is 7.29. The van der Waals surface area contributed by atoms with E-state index in [1.54, 1.807) is 0 Å². The molecule has 5 heteroatoms. The van der Waals surface area contributed by atoms with Crippen LogP contribution in [0.2, 0.25) is 0 Å². The van der Waals surface area contributed by atoms with Crippen molar-refractivity contribution in [3.8, 4) is 0 Å². The molecule has 2 atom stereocenters. The molecule has 2 unspecified atom stereocenters. The molecule has 21 heavy (non-hydrogen) atoms. The Morgan fingerprint density at radius 2 is 1.90 bits per heavy atom. The van der Waals surface area contributed by atoms with Gasteiger partial charge in [0, 0.05) is 37.8 Å². The summed E-state index contributed by atoms with van der Waals surface area (Å²) >= 11 is 0. The second-order valence-electron chi connectivity index (χ2n) is 5.87. The van der Waals surface area contributed by atoms with Crippen LogP contribution in [-0.4, -0.2) is 49.1 Å². The zero-order chi connectivity index (χ0) is 15.4. The summed E-state index contributed by atoms with van der Waals surface area (Å²) in [4.78, 5) is 4.63. The van der Waals surface area contributed by atoms with Crippen LogP contribution >= 0.6 is 0 Å². The van der Waals surface area contributed by atoms with Gasteiger partial charge in [0.1, 0.15) is 11.6 Å². The van der Waals surface area contributed by atoms with Crippen molar-refractivity contribution in [3.05, 3.63) is 35.4 Å². The number of rotatable bonds is 4. The van der Waals surface area contributed by atoms with Gasteiger partial charge in [-0.2, -0.15) is 0 Å². The molecule has 2 N–H and O–H groups in total. The van der Waals surface area contributed by atoms with E-state index in [2.05, 4.69) is 23.8 Å². The largest absolute Gasteiger partial charge is 0.329 e. The Morgan fingerprint density at radius 1 is 1.24 bits per heavy atom. The van der Waals surface area contributed by atoms with E-state index in [4.69, 9.17) is 5.73 Å². The Labute approximate surface area is 125 Å². The number of nitrogens with two attached hydrogens (primary N) is 1. The first-order chi connectivity index (χ1) is 10.0. The molecule has 0 spiro atoms. The quantitative estimate of drug-likeness (QED) is 0.926. The molecule has 0 aliphatic carbocycles. The highest BCUT2D eigenvalue weighted by atomic mass is 19.1. The summed E-state index contributed by atoms with van der Waals surface area (Å²) in [6, 6.07) is 3.94. The summed E-state index contributed by atoms with van der Waals surface area (Å²) in [5.74, 6) is -1.08. The average molecular weight is 297 g/mol. The monoisotopic (exact) mass is 297 g/mol. The molecule has 0 amide bonds. The van der Waals surface area contributed by atoms with Gasteiger partial charge in [-0.15, -0.1) is 0 Å². The van der Waals surface area contributed by atoms with Gasteiger partial charge in [0.15, 0.2) is 0 Å².